The maximum atomic E-state index is 13.5. The van der Waals surface area contributed by atoms with Crippen molar-refractivity contribution in [2.24, 2.45) is 5.73 Å². The van der Waals surface area contributed by atoms with Gasteiger partial charge in [-0.15, -0.1) is 0 Å². The van der Waals surface area contributed by atoms with Crippen molar-refractivity contribution in [2.45, 2.75) is 25.4 Å². The fourth-order valence-electron chi connectivity index (χ4n) is 3.19. The predicted molar refractivity (Wildman–Crippen MR) is 106 cm³/mol. The molecule has 0 radical (unpaired) electrons. The summed E-state index contributed by atoms with van der Waals surface area (Å²) < 4.78 is 40.5. The minimum absolute atomic E-state index is 0.0520. The number of H-pyrrole nitrogens is 1. The summed E-state index contributed by atoms with van der Waals surface area (Å²) in [6.45, 7) is 0.497. The molecule has 0 aliphatic rings. The number of hydrogen-bond acceptors (Lipinski definition) is 1. The van der Waals surface area contributed by atoms with Gasteiger partial charge in [0.25, 0.3) is 0 Å². The van der Waals surface area contributed by atoms with Crippen molar-refractivity contribution in [3.63, 3.8) is 0 Å². The standard InChI is InChI=1S/C19H16Cl3F3N2/c20-13-8-7-12(19(23,24)25)18-15(13)10(4-1-2-9-26)17(27-18)11-5-3-6-14(21)16(11)22/h3,5-8,27H,1-2,4,9,26H2. The summed E-state index contributed by atoms with van der Waals surface area (Å²) in [5, 5.41) is 1.20. The maximum Gasteiger partial charge on any atom is 0.418 e. The molecule has 0 spiro atoms. The summed E-state index contributed by atoms with van der Waals surface area (Å²) in [5.41, 5.74) is 6.45. The van der Waals surface area contributed by atoms with Gasteiger partial charge in [-0.2, -0.15) is 13.2 Å². The van der Waals surface area contributed by atoms with Gasteiger partial charge in [-0.25, -0.2) is 0 Å². The molecule has 1 aromatic heterocycles. The van der Waals surface area contributed by atoms with E-state index in [1.54, 1.807) is 18.2 Å². The maximum absolute atomic E-state index is 13.5. The summed E-state index contributed by atoms with van der Waals surface area (Å²) in [5.74, 6) is 0. The van der Waals surface area contributed by atoms with E-state index < -0.39 is 11.7 Å². The predicted octanol–water partition coefficient (Wildman–Crippen LogP) is 7.10. The van der Waals surface area contributed by atoms with E-state index in [0.717, 1.165) is 12.5 Å². The smallest absolute Gasteiger partial charge is 0.354 e. The molecule has 0 aliphatic heterocycles. The van der Waals surface area contributed by atoms with Gasteiger partial charge in [-0.05, 0) is 49.6 Å². The molecule has 0 fully saturated rings. The van der Waals surface area contributed by atoms with E-state index in [0.29, 0.717) is 46.6 Å². The molecule has 0 unspecified atom stereocenters. The molecular weight excluding hydrogens is 420 g/mol. The minimum atomic E-state index is -4.52. The average molecular weight is 436 g/mol. The number of aryl methyl sites for hydroxylation is 1. The van der Waals surface area contributed by atoms with Crippen LogP contribution >= 0.6 is 34.8 Å². The van der Waals surface area contributed by atoms with Crippen LogP contribution in [0.5, 0.6) is 0 Å². The summed E-state index contributed by atoms with van der Waals surface area (Å²) in [7, 11) is 0. The fraction of sp³-hybridized carbons (Fsp3) is 0.263. The number of nitrogens with one attached hydrogen (secondary N) is 1. The first-order chi connectivity index (χ1) is 12.8. The van der Waals surface area contributed by atoms with Crippen LogP contribution in [0.1, 0.15) is 24.0 Å². The topological polar surface area (TPSA) is 41.8 Å². The second-order valence-electron chi connectivity index (χ2n) is 6.17. The largest absolute Gasteiger partial charge is 0.418 e. The zero-order chi connectivity index (χ0) is 19.8. The number of benzene rings is 2. The number of aromatic nitrogens is 1. The number of alkyl halides is 3. The molecule has 0 saturated heterocycles. The molecule has 2 aromatic carbocycles. The zero-order valence-corrected chi connectivity index (χ0v) is 16.3. The number of rotatable bonds is 5. The van der Waals surface area contributed by atoms with Crippen LogP contribution in [0.2, 0.25) is 15.1 Å². The van der Waals surface area contributed by atoms with E-state index >= 15 is 0 Å². The Morgan fingerprint density at radius 1 is 0.963 bits per heavy atom. The highest BCUT2D eigenvalue weighted by atomic mass is 35.5. The lowest BCUT2D eigenvalue weighted by Crippen LogP contribution is -2.05. The molecule has 3 rings (SSSR count). The molecule has 3 N–H and O–H groups in total. The van der Waals surface area contributed by atoms with E-state index in [4.69, 9.17) is 40.5 Å². The molecule has 0 aliphatic carbocycles. The zero-order valence-electron chi connectivity index (χ0n) is 14.1. The Morgan fingerprint density at radius 2 is 1.70 bits per heavy atom. The van der Waals surface area contributed by atoms with Crippen LogP contribution in [-0.4, -0.2) is 11.5 Å². The highest BCUT2D eigenvalue weighted by Crippen LogP contribution is 2.44. The van der Waals surface area contributed by atoms with Crippen molar-refractivity contribution in [2.75, 3.05) is 6.54 Å². The Hall–Kier alpha value is -1.40. The highest BCUT2D eigenvalue weighted by molar-refractivity contribution is 6.43. The molecule has 2 nitrogen and oxygen atoms in total. The van der Waals surface area contributed by atoms with E-state index in [1.165, 1.54) is 6.07 Å². The van der Waals surface area contributed by atoms with Gasteiger partial charge in [0.2, 0.25) is 0 Å². The number of nitrogens with two attached hydrogens (primary N) is 1. The third-order valence-electron chi connectivity index (χ3n) is 4.42. The van der Waals surface area contributed by atoms with Crippen LogP contribution < -0.4 is 5.73 Å². The number of fused-ring (bicyclic) bond motifs is 1. The van der Waals surface area contributed by atoms with Gasteiger partial charge >= 0.3 is 6.18 Å². The Balaban J connectivity index is 2.33. The number of unbranched alkanes of at least 4 members (excludes halogenated alkanes) is 1. The van der Waals surface area contributed by atoms with Crippen molar-refractivity contribution >= 4 is 45.7 Å². The molecule has 1 heterocycles. The second-order valence-corrected chi connectivity index (χ2v) is 7.36. The van der Waals surface area contributed by atoms with Crippen LogP contribution in [0.4, 0.5) is 13.2 Å². The van der Waals surface area contributed by atoms with Gasteiger partial charge in [0.05, 0.1) is 31.8 Å². The molecule has 144 valence electrons. The number of halogens is 6. The lowest BCUT2D eigenvalue weighted by atomic mass is 9.99. The van der Waals surface area contributed by atoms with Crippen molar-refractivity contribution in [3.05, 3.63) is 56.5 Å². The average Bonchev–Trinajstić information content (AvgIpc) is 2.97. The second kappa shape index (κ2) is 7.92. The van der Waals surface area contributed by atoms with Gasteiger partial charge in [0, 0.05) is 10.9 Å². The van der Waals surface area contributed by atoms with Gasteiger partial charge < -0.3 is 10.7 Å². The van der Waals surface area contributed by atoms with Gasteiger partial charge in [-0.3, -0.25) is 0 Å². The molecule has 0 amide bonds. The monoisotopic (exact) mass is 434 g/mol. The third-order valence-corrected chi connectivity index (χ3v) is 5.55. The molecular formula is C19H16Cl3F3N2. The summed E-state index contributed by atoms with van der Waals surface area (Å²) in [4.78, 5) is 2.91. The van der Waals surface area contributed by atoms with Crippen LogP contribution in [-0.2, 0) is 12.6 Å². The van der Waals surface area contributed by atoms with Gasteiger partial charge in [0.15, 0.2) is 0 Å². The van der Waals surface area contributed by atoms with Crippen LogP contribution in [0, 0.1) is 0 Å². The quantitative estimate of drug-likeness (QED) is 0.412. The van der Waals surface area contributed by atoms with E-state index in [1.807, 2.05) is 0 Å². The highest BCUT2D eigenvalue weighted by Gasteiger charge is 2.35. The van der Waals surface area contributed by atoms with Crippen molar-refractivity contribution in [1.82, 2.24) is 4.98 Å². The van der Waals surface area contributed by atoms with Crippen LogP contribution in [0.15, 0.2) is 30.3 Å². The lowest BCUT2D eigenvalue weighted by Gasteiger charge is -2.09. The summed E-state index contributed by atoms with van der Waals surface area (Å²) in [6, 6.07) is 7.29. The fourth-order valence-corrected chi connectivity index (χ4v) is 3.85. The van der Waals surface area contributed by atoms with Gasteiger partial charge in [-0.1, -0.05) is 46.9 Å². The van der Waals surface area contributed by atoms with Crippen molar-refractivity contribution in [1.29, 1.82) is 0 Å². The first-order valence-electron chi connectivity index (χ1n) is 8.30. The minimum Gasteiger partial charge on any atom is -0.354 e. The third kappa shape index (κ3) is 3.92. The van der Waals surface area contributed by atoms with E-state index in [2.05, 4.69) is 4.98 Å². The molecule has 0 bridgehead atoms. The Kier molecular flexibility index (Phi) is 5.96. The molecule has 0 saturated carbocycles. The van der Waals surface area contributed by atoms with Crippen LogP contribution in [0.3, 0.4) is 0 Å². The Bertz CT molecular complexity index is 980. The normalized spacial score (nSPS) is 12.1. The molecule has 3 aromatic rings. The van der Waals surface area contributed by atoms with Crippen LogP contribution in [0.25, 0.3) is 22.2 Å². The molecule has 0 atom stereocenters. The van der Waals surface area contributed by atoms with Crippen molar-refractivity contribution in [3.8, 4) is 11.3 Å². The van der Waals surface area contributed by atoms with Gasteiger partial charge in [0.1, 0.15) is 0 Å². The Labute approximate surface area is 169 Å². The van der Waals surface area contributed by atoms with E-state index in [9.17, 15) is 13.2 Å². The van der Waals surface area contributed by atoms with E-state index in [-0.39, 0.29) is 15.6 Å². The molecule has 8 heteroatoms. The number of aromatic amines is 1. The Morgan fingerprint density at radius 3 is 2.37 bits per heavy atom. The summed E-state index contributed by atoms with van der Waals surface area (Å²) in [6.07, 6.45) is -2.55. The first-order valence-corrected chi connectivity index (χ1v) is 9.43. The first kappa shape index (κ1) is 20.3. The SMILES string of the molecule is NCCCCc1c(-c2cccc(Cl)c2Cl)[nH]c2c(C(F)(F)F)ccc(Cl)c12. The van der Waals surface area contributed by atoms with Crippen molar-refractivity contribution < 1.29 is 13.2 Å². The lowest BCUT2D eigenvalue weighted by molar-refractivity contribution is -0.136. The molecule has 27 heavy (non-hydrogen) atoms. The summed E-state index contributed by atoms with van der Waals surface area (Å²) >= 11 is 18.7. The number of hydrogen-bond donors (Lipinski definition) is 2.